The third-order valence-corrected chi connectivity index (χ3v) is 5.24. The molecule has 0 radical (unpaired) electrons. The lowest BCUT2D eigenvalue weighted by atomic mass is 9.85. The maximum absolute atomic E-state index is 6.07. The summed E-state index contributed by atoms with van der Waals surface area (Å²) in [4.78, 5) is 2.61. The van der Waals surface area contributed by atoms with Crippen molar-refractivity contribution in [3.63, 3.8) is 0 Å². The van der Waals surface area contributed by atoms with Crippen LogP contribution in [0.25, 0.3) is 0 Å². The van der Waals surface area contributed by atoms with E-state index in [-0.39, 0.29) is 0 Å². The topological polar surface area (TPSA) is 12.5 Å². The summed E-state index contributed by atoms with van der Waals surface area (Å²) in [6.45, 7) is 15.0. The van der Waals surface area contributed by atoms with Crippen LogP contribution in [0.2, 0.25) is 5.02 Å². The molecule has 0 unspecified atom stereocenters. The van der Waals surface area contributed by atoms with Crippen LogP contribution in [-0.2, 0) is 4.74 Å². The molecule has 1 aromatic rings. The van der Waals surface area contributed by atoms with E-state index in [0.717, 1.165) is 44.2 Å². The molecule has 0 saturated carbocycles. The standard InChI is InChI=1S/C20H30ClNO/c1-5-22(19-10-12-23-13-11-19)14-20(16(4)15(2)3)17-6-8-18(21)9-7-17/h6-9,15,19-20H,4-5,10-14H2,1-3H3/t20-/m0/s1. The summed E-state index contributed by atoms with van der Waals surface area (Å²) >= 11 is 6.07. The van der Waals surface area contributed by atoms with Crippen LogP contribution in [0.3, 0.4) is 0 Å². The lowest BCUT2D eigenvalue weighted by Gasteiger charge is -2.37. The smallest absolute Gasteiger partial charge is 0.0480 e. The van der Waals surface area contributed by atoms with Gasteiger partial charge in [-0.1, -0.05) is 56.7 Å². The zero-order chi connectivity index (χ0) is 16.8. The molecule has 1 aliphatic rings. The van der Waals surface area contributed by atoms with E-state index in [0.29, 0.717) is 17.9 Å². The Morgan fingerprint density at radius 2 is 1.87 bits per heavy atom. The van der Waals surface area contributed by atoms with Crippen molar-refractivity contribution in [2.24, 2.45) is 5.92 Å². The highest BCUT2D eigenvalue weighted by atomic mass is 35.5. The van der Waals surface area contributed by atoms with Crippen LogP contribution < -0.4 is 0 Å². The number of rotatable bonds is 7. The van der Waals surface area contributed by atoms with Crippen molar-refractivity contribution < 1.29 is 4.74 Å². The molecule has 0 spiro atoms. The van der Waals surface area contributed by atoms with Gasteiger partial charge in [-0.3, -0.25) is 4.90 Å². The first-order chi connectivity index (χ1) is 11.0. The average molecular weight is 336 g/mol. The van der Waals surface area contributed by atoms with E-state index in [9.17, 15) is 0 Å². The van der Waals surface area contributed by atoms with Gasteiger partial charge in [0, 0.05) is 36.7 Å². The Kier molecular flexibility index (Phi) is 7.13. The molecule has 0 amide bonds. The van der Waals surface area contributed by atoms with E-state index in [1.807, 2.05) is 12.1 Å². The summed E-state index contributed by atoms with van der Waals surface area (Å²) in [5, 5.41) is 0.791. The van der Waals surface area contributed by atoms with Crippen molar-refractivity contribution in [3.05, 3.63) is 47.0 Å². The van der Waals surface area contributed by atoms with Gasteiger partial charge in [0.05, 0.1) is 0 Å². The molecule has 0 aliphatic carbocycles. The Morgan fingerprint density at radius 1 is 1.26 bits per heavy atom. The Morgan fingerprint density at radius 3 is 2.39 bits per heavy atom. The van der Waals surface area contributed by atoms with Gasteiger partial charge in [0.25, 0.3) is 0 Å². The molecule has 2 rings (SSSR count). The van der Waals surface area contributed by atoms with Gasteiger partial charge in [-0.2, -0.15) is 0 Å². The van der Waals surface area contributed by atoms with Crippen LogP contribution in [0.4, 0.5) is 0 Å². The maximum Gasteiger partial charge on any atom is 0.0480 e. The van der Waals surface area contributed by atoms with Gasteiger partial charge >= 0.3 is 0 Å². The third kappa shape index (κ3) is 5.07. The zero-order valence-electron chi connectivity index (χ0n) is 14.7. The number of nitrogens with zero attached hydrogens (tertiary/aromatic N) is 1. The molecule has 0 bridgehead atoms. The average Bonchev–Trinajstić information content (AvgIpc) is 2.57. The monoisotopic (exact) mass is 335 g/mol. The molecule has 1 aromatic carbocycles. The van der Waals surface area contributed by atoms with Crippen molar-refractivity contribution in [2.75, 3.05) is 26.3 Å². The number of hydrogen-bond acceptors (Lipinski definition) is 2. The Balaban J connectivity index is 2.18. The molecule has 128 valence electrons. The predicted octanol–water partition coefficient (Wildman–Crippen LogP) is 5.14. The lowest BCUT2D eigenvalue weighted by molar-refractivity contribution is 0.0345. The molecule has 2 nitrogen and oxygen atoms in total. The van der Waals surface area contributed by atoms with E-state index >= 15 is 0 Å². The number of likely N-dealkylation sites (N-methyl/N-ethyl adjacent to an activating group) is 1. The fraction of sp³-hybridized carbons (Fsp3) is 0.600. The number of hydrogen-bond donors (Lipinski definition) is 0. The Labute approximate surface area is 146 Å². The van der Waals surface area contributed by atoms with Crippen molar-refractivity contribution in [1.29, 1.82) is 0 Å². The van der Waals surface area contributed by atoms with Gasteiger partial charge in [-0.15, -0.1) is 0 Å². The number of ether oxygens (including phenoxy) is 1. The van der Waals surface area contributed by atoms with Gasteiger partial charge < -0.3 is 4.74 Å². The van der Waals surface area contributed by atoms with Crippen molar-refractivity contribution in [3.8, 4) is 0 Å². The summed E-state index contributed by atoms with van der Waals surface area (Å²) in [6.07, 6.45) is 2.27. The van der Waals surface area contributed by atoms with Gasteiger partial charge in [0.1, 0.15) is 0 Å². The van der Waals surface area contributed by atoms with Gasteiger partial charge in [0.2, 0.25) is 0 Å². The molecular formula is C20H30ClNO. The summed E-state index contributed by atoms with van der Waals surface area (Å²) in [5.74, 6) is 0.833. The predicted molar refractivity (Wildman–Crippen MR) is 99.3 cm³/mol. The second kappa shape index (κ2) is 8.86. The van der Waals surface area contributed by atoms with Crippen LogP contribution >= 0.6 is 11.6 Å². The first kappa shape index (κ1) is 18.5. The van der Waals surface area contributed by atoms with Crippen molar-refractivity contribution in [1.82, 2.24) is 4.90 Å². The summed E-state index contributed by atoms with van der Waals surface area (Å²) < 4.78 is 5.52. The van der Waals surface area contributed by atoms with E-state index in [2.05, 4.69) is 44.4 Å². The molecule has 1 fully saturated rings. The van der Waals surface area contributed by atoms with Crippen LogP contribution in [0.1, 0.15) is 45.1 Å². The fourth-order valence-electron chi connectivity index (χ4n) is 3.36. The maximum atomic E-state index is 6.07. The van der Waals surface area contributed by atoms with Crippen LogP contribution in [-0.4, -0.2) is 37.2 Å². The Bertz CT molecular complexity index is 491. The quantitative estimate of drug-likeness (QED) is 0.640. The van der Waals surface area contributed by atoms with Crippen LogP contribution in [0.15, 0.2) is 36.4 Å². The Hall–Kier alpha value is -0.830. The van der Waals surface area contributed by atoms with Gasteiger partial charge in [-0.05, 0) is 43.0 Å². The largest absolute Gasteiger partial charge is 0.381 e. The second-order valence-corrected chi connectivity index (χ2v) is 7.20. The minimum atomic E-state index is 0.357. The van der Waals surface area contributed by atoms with Crippen molar-refractivity contribution >= 4 is 11.6 Å². The summed E-state index contributed by atoms with van der Waals surface area (Å²) in [5.41, 5.74) is 2.62. The minimum absolute atomic E-state index is 0.357. The van der Waals surface area contributed by atoms with Gasteiger partial charge in [-0.25, -0.2) is 0 Å². The van der Waals surface area contributed by atoms with E-state index in [4.69, 9.17) is 16.3 Å². The fourth-order valence-corrected chi connectivity index (χ4v) is 3.48. The van der Waals surface area contributed by atoms with E-state index in [1.165, 1.54) is 11.1 Å². The minimum Gasteiger partial charge on any atom is -0.381 e. The summed E-state index contributed by atoms with van der Waals surface area (Å²) in [6, 6.07) is 8.91. The van der Waals surface area contributed by atoms with E-state index < -0.39 is 0 Å². The highest BCUT2D eigenvalue weighted by Crippen LogP contribution is 2.31. The number of halogens is 1. The highest BCUT2D eigenvalue weighted by molar-refractivity contribution is 6.30. The molecule has 0 N–H and O–H groups in total. The van der Waals surface area contributed by atoms with E-state index in [1.54, 1.807) is 0 Å². The van der Waals surface area contributed by atoms with Gasteiger partial charge in [0.15, 0.2) is 0 Å². The molecule has 0 aromatic heterocycles. The molecule has 1 atom stereocenters. The third-order valence-electron chi connectivity index (χ3n) is 4.99. The highest BCUT2D eigenvalue weighted by Gasteiger charge is 2.26. The summed E-state index contributed by atoms with van der Waals surface area (Å²) in [7, 11) is 0. The van der Waals surface area contributed by atoms with Crippen LogP contribution in [0.5, 0.6) is 0 Å². The first-order valence-corrected chi connectivity index (χ1v) is 9.16. The lowest BCUT2D eigenvalue weighted by Crippen LogP contribution is -2.42. The molecule has 1 aliphatic heterocycles. The second-order valence-electron chi connectivity index (χ2n) is 6.76. The molecule has 1 heterocycles. The molecule has 23 heavy (non-hydrogen) atoms. The number of benzene rings is 1. The zero-order valence-corrected chi connectivity index (χ0v) is 15.5. The van der Waals surface area contributed by atoms with Crippen molar-refractivity contribution in [2.45, 2.75) is 45.6 Å². The molecular weight excluding hydrogens is 306 g/mol. The SMILES string of the molecule is C=C(C(C)C)[C@H](CN(CC)C1CCOCC1)c1ccc(Cl)cc1. The normalized spacial score (nSPS) is 17.7. The molecule has 1 saturated heterocycles. The first-order valence-electron chi connectivity index (χ1n) is 8.78. The van der Waals surface area contributed by atoms with Crippen LogP contribution in [0, 0.1) is 5.92 Å². The molecule has 3 heteroatoms.